The number of nitrogens with zero attached hydrogens (tertiary/aromatic N) is 2. The fourth-order valence-corrected chi connectivity index (χ4v) is 5.09. The van der Waals surface area contributed by atoms with E-state index in [0.717, 1.165) is 37.0 Å². The van der Waals surface area contributed by atoms with Crippen molar-refractivity contribution in [2.45, 2.75) is 25.2 Å². The average molecular weight is 402 g/mol. The van der Waals surface area contributed by atoms with E-state index < -0.39 is 0 Å². The molecule has 0 spiro atoms. The summed E-state index contributed by atoms with van der Waals surface area (Å²) in [6.07, 6.45) is 6.31. The van der Waals surface area contributed by atoms with Gasteiger partial charge in [0.05, 0.1) is 6.42 Å². The maximum atomic E-state index is 12.9. The van der Waals surface area contributed by atoms with Crippen LogP contribution in [0.15, 0.2) is 65.6 Å². The Labute approximate surface area is 174 Å². The lowest BCUT2D eigenvalue weighted by atomic mass is 9.89. The molecule has 5 rings (SSSR count). The largest absolute Gasteiger partial charge is 0.358 e. The Bertz CT molecular complexity index is 1120. The van der Waals surface area contributed by atoms with Crippen LogP contribution in [0.25, 0.3) is 22.0 Å². The van der Waals surface area contributed by atoms with Crippen LogP contribution in [0.2, 0.25) is 0 Å². The minimum atomic E-state index is 0.231. The van der Waals surface area contributed by atoms with Gasteiger partial charge < -0.3 is 9.88 Å². The summed E-state index contributed by atoms with van der Waals surface area (Å²) in [5.74, 6) is 0.542. The highest BCUT2D eigenvalue weighted by atomic mass is 32.1. The first-order valence-electron chi connectivity index (χ1n) is 10.1. The summed E-state index contributed by atoms with van der Waals surface area (Å²) in [7, 11) is 0. The molecular formula is C24H23N3OS. The number of amides is 1. The number of para-hydroxylation sites is 1. The predicted molar refractivity (Wildman–Crippen MR) is 118 cm³/mol. The van der Waals surface area contributed by atoms with Crippen LogP contribution in [0.4, 0.5) is 0 Å². The number of likely N-dealkylation sites (tertiary alicyclic amines) is 1. The summed E-state index contributed by atoms with van der Waals surface area (Å²) in [5.41, 5.74) is 5.93. The van der Waals surface area contributed by atoms with Crippen LogP contribution >= 0.6 is 11.3 Å². The van der Waals surface area contributed by atoms with Gasteiger partial charge in [0.2, 0.25) is 5.91 Å². The number of hydrogen-bond donors (Lipinski definition) is 1. The Balaban J connectivity index is 1.48. The number of carbonyl (C=O) groups is 1. The van der Waals surface area contributed by atoms with E-state index in [0.29, 0.717) is 12.3 Å². The van der Waals surface area contributed by atoms with Gasteiger partial charge in [-0.1, -0.05) is 18.2 Å². The molecule has 29 heavy (non-hydrogen) atoms. The second-order valence-corrected chi connectivity index (χ2v) is 8.46. The Morgan fingerprint density at radius 2 is 2.03 bits per heavy atom. The van der Waals surface area contributed by atoms with Crippen molar-refractivity contribution in [1.29, 1.82) is 0 Å². The molecule has 1 aliphatic heterocycles. The van der Waals surface area contributed by atoms with Crippen LogP contribution in [-0.2, 0) is 11.2 Å². The molecule has 5 heteroatoms. The number of H-pyrrole nitrogens is 1. The van der Waals surface area contributed by atoms with Gasteiger partial charge in [-0.15, -0.1) is 0 Å². The molecule has 146 valence electrons. The van der Waals surface area contributed by atoms with Crippen LogP contribution in [0.3, 0.4) is 0 Å². The molecule has 0 bridgehead atoms. The standard InChI is InChI=1S/C24H23N3OS/c28-22(14-17-9-13-29-16-17)27-12-3-4-19(15-27)24-23(18-7-10-25-11-8-18)20-5-1-2-6-21(20)26-24/h1-2,5-11,13,16,19,26H,3-4,12,14-15H2/t19-/m1/s1. The van der Waals surface area contributed by atoms with E-state index >= 15 is 0 Å². The summed E-state index contributed by atoms with van der Waals surface area (Å²) in [4.78, 5) is 22.8. The topological polar surface area (TPSA) is 49.0 Å². The van der Waals surface area contributed by atoms with E-state index in [1.165, 1.54) is 22.2 Å². The number of fused-ring (bicyclic) bond motifs is 1. The quantitative estimate of drug-likeness (QED) is 0.508. The van der Waals surface area contributed by atoms with Crippen molar-refractivity contribution in [2.24, 2.45) is 0 Å². The highest BCUT2D eigenvalue weighted by Crippen LogP contribution is 2.39. The van der Waals surface area contributed by atoms with E-state index in [4.69, 9.17) is 0 Å². The number of pyridine rings is 1. The number of benzene rings is 1. The van der Waals surface area contributed by atoms with E-state index in [-0.39, 0.29) is 5.91 Å². The lowest BCUT2D eigenvalue weighted by molar-refractivity contribution is -0.131. The van der Waals surface area contributed by atoms with Gasteiger partial charge in [-0.3, -0.25) is 9.78 Å². The zero-order chi connectivity index (χ0) is 19.6. The third-order valence-corrected chi connectivity index (χ3v) is 6.55. The molecule has 4 nitrogen and oxygen atoms in total. The number of aromatic amines is 1. The van der Waals surface area contributed by atoms with Gasteiger partial charge >= 0.3 is 0 Å². The number of carbonyl (C=O) groups excluding carboxylic acids is 1. The van der Waals surface area contributed by atoms with Gasteiger partial charge in [0, 0.05) is 53.6 Å². The van der Waals surface area contributed by atoms with Gasteiger partial charge in [-0.05, 0) is 59.0 Å². The molecule has 1 aromatic carbocycles. The molecule has 3 aromatic heterocycles. The first-order valence-corrected chi connectivity index (χ1v) is 11.0. The molecule has 1 amide bonds. The third kappa shape index (κ3) is 3.58. The molecule has 1 N–H and O–H groups in total. The molecule has 0 radical (unpaired) electrons. The van der Waals surface area contributed by atoms with Gasteiger partial charge in [0.1, 0.15) is 0 Å². The van der Waals surface area contributed by atoms with Crippen molar-refractivity contribution < 1.29 is 4.79 Å². The molecule has 1 saturated heterocycles. The maximum Gasteiger partial charge on any atom is 0.227 e. The lowest BCUT2D eigenvalue weighted by Gasteiger charge is -2.33. The summed E-state index contributed by atoms with van der Waals surface area (Å²) in [6, 6.07) is 14.6. The van der Waals surface area contributed by atoms with Gasteiger partial charge in [-0.2, -0.15) is 11.3 Å². The number of thiophene rings is 1. The number of piperidine rings is 1. The van der Waals surface area contributed by atoms with Crippen molar-refractivity contribution in [3.8, 4) is 11.1 Å². The Morgan fingerprint density at radius 1 is 1.17 bits per heavy atom. The second-order valence-electron chi connectivity index (χ2n) is 7.68. The number of rotatable bonds is 4. The van der Waals surface area contributed by atoms with Gasteiger partial charge in [0.15, 0.2) is 0 Å². The zero-order valence-corrected chi connectivity index (χ0v) is 17.0. The maximum absolute atomic E-state index is 12.9. The Hall–Kier alpha value is -2.92. The molecule has 1 atom stereocenters. The van der Waals surface area contributed by atoms with E-state index in [9.17, 15) is 4.79 Å². The monoisotopic (exact) mass is 401 g/mol. The van der Waals surface area contributed by atoms with Gasteiger partial charge in [-0.25, -0.2) is 0 Å². The molecule has 0 unspecified atom stereocenters. The van der Waals surface area contributed by atoms with Crippen LogP contribution in [-0.4, -0.2) is 33.9 Å². The highest BCUT2D eigenvalue weighted by Gasteiger charge is 2.28. The van der Waals surface area contributed by atoms with E-state index in [1.807, 2.05) is 28.7 Å². The lowest BCUT2D eigenvalue weighted by Crippen LogP contribution is -2.40. The van der Waals surface area contributed by atoms with Crippen LogP contribution < -0.4 is 0 Å². The number of nitrogens with one attached hydrogen (secondary N) is 1. The second kappa shape index (κ2) is 7.84. The van der Waals surface area contributed by atoms with Crippen LogP contribution in [0, 0.1) is 0 Å². The van der Waals surface area contributed by atoms with Crippen molar-refractivity contribution in [1.82, 2.24) is 14.9 Å². The first kappa shape index (κ1) is 18.1. The van der Waals surface area contributed by atoms with Crippen molar-refractivity contribution in [3.05, 3.63) is 76.9 Å². The SMILES string of the molecule is O=C(Cc1ccsc1)N1CCC[C@@H](c2[nH]c3ccccc3c2-c2ccncc2)C1. The summed E-state index contributed by atoms with van der Waals surface area (Å²) >= 11 is 1.65. The fourth-order valence-electron chi connectivity index (χ4n) is 4.42. The molecule has 0 aliphatic carbocycles. The molecule has 0 saturated carbocycles. The van der Waals surface area contributed by atoms with Crippen LogP contribution in [0.5, 0.6) is 0 Å². The van der Waals surface area contributed by atoms with E-state index in [2.05, 4.69) is 51.7 Å². The summed E-state index contributed by atoms with van der Waals surface area (Å²) < 4.78 is 0. The van der Waals surface area contributed by atoms with Crippen molar-refractivity contribution in [2.75, 3.05) is 13.1 Å². The summed E-state index contributed by atoms with van der Waals surface area (Å²) in [5, 5.41) is 5.33. The minimum absolute atomic E-state index is 0.231. The normalized spacial score (nSPS) is 17.0. The van der Waals surface area contributed by atoms with Gasteiger partial charge in [0.25, 0.3) is 0 Å². The molecule has 1 aliphatic rings. The first-order chi connectivity index (χ1) is 14.3. The van der Waals surface area contributed by atoms with Crippen molar-refractivity contribution >= 4 is 28.1 Å². The van der Waals surface area contributed by atoms with E-state index in [1.54, 1.807) is 11.3 Å². The zero-order valence-electron chi connectivity index (χ0n) is 16.2. The molecule has 1 fully saturated rings. The Morgan fingerprint density at radius 3 is 2.86 bits per heavy atom. The average Bonchev–Trinajstić information content (AvgIpc) is 3.42. The molecule has 4 aromatic rings. The van der Waals surface area contributed by atoms with Crippen molar-refractivity contribution in [3.63, 3.8) is 0 Å². The highest BCUT2D eigenvalue weighted by molar-refractivity contribution is 7.08. The number of aromatic nitrogens is 2. The minimum Gasteiger partial charge on any atom is -0.358 e. The van der Waals surface area contributed by atoms with Crippen LogP contribution in [0.1, 0.15) is 30.0 Å². The summed E-state index contributed by atoms with van der Waals surface area (Å²) in [6.45, 7) is 1.62. The molecule has 4 heterocycles. The Kier molecular flexibility index (Phi) is 4.90. The fraction of sp³-hybridized carbons (Fsp3) is 0.250. The third-order valence-electron chi connectivity index (χ3n) is 5.82. The number of hydrogen-bond acceptors (Lipinski definition) is 3. The molecular weight excluding hydrogens is 378 g/mol. The smallest absolute Gasteiger partial charge is 0.227 e. The predicted octanol–water partition coefficient (Wildman–Crippen LogP) is 5.24.